The first-order valence-electron chi connectivity index (χ1n) is 5.38. The van der Waals surface area contributed by atoms with Crippen LogP contribution in [0.1, 0.15) is 19.8 Å². The van der Waals surface area contributed by atoms with Crippen molar-refractivity contribution in [3.05, 3.63) is 0 Å². The second-order valence-corrected chi connectivity index (χ2v) is 6.28. The summed E-state index contributed by atoms with van der Waals surface area (Å²) in [7, 11) is -2.67. The largest absolute Gasteiger partial charge is 0.394 e. The van der Waals surface area contributed by atoms with Crippen molar-refractivity contribution in [2.24, 2.45) is 5.73 Å². The monoisotopic (exact) mass is 289 g/mol. The predicted octanol–water partition coefficient (Wildman–Crippen LogP) is -1.82. The van der Waals surface area contributed by atoms with Crippen molar-refractivity contribution >= 4 is 18.4 Å². The molecule has 0 fully saturated rings. The van der Waals surface area contributed by atoms with Crippen LogP contribution in [0.25, 0.3) is 0 Å². The lowest BCUT2D eigenvalue weighted by molar-refractivity contribution is 0.0697. The Hall–Kier alpha value is 0.367. The molecule has 0 radical (unpaired) electrons. The second-order valence-electron chi connectivity index (χ2n) is 3.63. The number of aliphatic hydroxyl groups excluding tert-OH is 3. The number of hydrogen-bond acceptors (Lipinski definition) is 7. The standard InChI is InChI=1S/C4H11NO3.C4H13O3PSi/c5-4(1-6,2-7)3-8;1-2-3-4-9-7-8(5)6/h6-8H,1-3,5H2;5-6H,2-4,9H2,1H3. The van der Waals surface area contributed by atoms with Crippen LogP contribution in [0.3, 0.4) is 0 Å². The van der Waals surface area contributed by atoms with Crippen molar-refractivity contribution in [2.45, 2.75) is 31.3 Å². The highest BCUT2D eigenvalue weighted by molar-refractivity contribution is 7.40. The van der Waals surface area contributed by atoms with E-state index in [0.717, 1.165) is 18.9 Å². The van der Waals surface area contributed by atoms with Gasteiger partial charge in [-0.25, -0.2) is 0 Å². The topological polar surface area (TPSA) is 136 Å². The molecule has 0 unspecified atom stereocenters. The summed E-state index contributed by atoms with van der Waals surface area (Å²) in [4.78, 5) is 16.6. The van der Waals surface area contributed by atoms with Crippen LogP contribution < -0.4 is 5.73 Å². The summed E-state index contributed by atoms with van der Waals surface area (Å²) in [5.74, 6) is 0. The molecule has 106 valence electrons. The third kappa shape index (κ3) is 14.3. The molecule has 17 heavy (non-hydrogen) atoms. The first-order chi connectivity index (χ1) is 7.95. The Morgan fingerprint density at radius 3 is 1.88 bits per heavy atom. The lowest BCUT2D eigenvalue weighted by atomic mass is 10.1. The smallest absolute Gasteiger partial charge is 0.315 e. The van der Waals surface area contributed by atoms with Gasteiger partial charge in [0.1, 0.15) is 0 Å². The van der Waals surface area contributed by atoms with Crippen molar-refractivity contribution in [3.8, 4) is 0 Å². The van der Waals surface area contributed by atoms with Gasteiger partial charge in [-0.2, -0.15) is 0 Å². The van der Waals surface area contributed by atoms with Gasteiger partial charge in [-0.3, -0.25) is 0 Å². The van der Waals surface area contributed by atoms with Gasteiger partial charge >= 0.3 is 8.60 Å². The van der Waals surface area contributed by atoms with E-state index in [2.05, 4.69) is 11.1 Å². The molecular weight excluding hydrogens is 265 g/mol. The number of nitrogens with two attached hydrogens (primary N) is 1. The second kappa shape index (κ2) is 12.8. The SMILES string of the molecule is CCCC[SiH2]OP(O)O.NC(CO)(CO)CO. The van der Waals surface area contributed by atoms with Gasteiger partial charge in [0.25, 0.3) is 0 Å². The average molecular weight is 289 g/mol. The Morgan fingerprint density at radius 2 is 1.65 bits per heavy atom. The van der Waals surface area contributed by atoms with Crippen LogP contribution in [0.15, 0.2) is 0 Å². The van der Waals surface area contributed by atoms with E-state index in [9.17, 15) is 0 Å². The van der Waals surface area contributed by atoms with Gasteiger partial charge in [-0.15, -0.1) is 0 Å². The van der Waals surface area contributed by atoms with Crippen molar-refractivity contribution in [1.82, 2.24) is 0 Å². The van der Waals surface area contributed by atoms with E-state index in [4.69, 9.17) is 30.8 Å². The summed E-state index contributed by atoms with van der Waals surface area (Å²) >= 11 is 0. The van der Waals surface area contributed by atoms with E-state index in [1.54, 1.807) is 0 Å². The van der Waals surface area contributed by atoms with Crippen LogP contribution in [0, 0.1) is 0 Å². The Kier molecular flexibility index (Phi) is 14.9. The molecule has 0 heterocycles. The van der Waals surface area contributed by atoms with Crippen molar-refractivity contribution in [3.63, 3.8) is 0 Å². The molecule has 0 aromatic carbocycles. The third-order valence-electron chi connectivity index (χ3n) is 1.90. The Balaban J connectivity index is 0. The molecule has 7 N–H and O–H groups in total. The van der Waals surface area contributed by atoms with E-state index < -0.39 is 43.7 Å². The van der Waals surface area contributed by atoms with E-state index in [0.29, 0.717) is 0 Å². The minimum absolute atomic E-state index is 0.403. The first kappa shape index (κ1) is 19.7. The fourth-order valence-electron chi connectivity index (χ4n) is 0.648. The Bertz CT molecular complexity index is 153. The number of unbranched alkanes of at least 4 members (excludes halogenated alkanes) is 1. The van der Waals surface area contributed by atoms with Crippen LogP contribution in [0.2, 0.25) is 6.04 Å². The fraction of sp³-hybridized carbons (Fsp3) is 1.00. The Labute approximate surface area is 105 Å². The average Bonchev–Trinajstić information content (AvgIpc) is 2.34. The fourth-order valence-corrected chi connectivity index (χ4v) is 2.52. The molecule has 0 aliphatic carbocycles. The van der Waals surface area contributed by atoms with E-state index >= 15 is 0 Å². The molecule has 0 saturated heterocycles. The summed E-state index contributed by atoms with van der Waals surface area (Å²) in [6, 6.07) is 1.05. The normalized spacial score (nSPS) is 12.0. The summed E-state index contributed by atoms with van der Waals surface area (Å²) in [6.45, 7) is 0.898. The van der Waals surface area contributed by atoms with Crippen molar-refractivity contribution in [2.75, 3.05) is 19.8 Å². The number of aliphatic hydroxyl groups is 3. The molecule has 0 rings (SSSR count). The molecule has 0 atom stereocenters. The third-order valence-corrected chi connectivity index (χ3v) is 4.34. The van der Waals surface area contributed by atoms with Gasteiger partial charge in [0.15, 0.2) is 9.76 Å². The predicted molar refractivity (Wildman–Crippen MR) is 68.9 cm³/mol. The minimum atomic E-state index is -2.06. The van der Waals surface area contributed by atoms with Gasteiger partial charge in [-0.1, -0.05) is 19.8 Å². The van der Waals surface area contributed by atoms with Gasteiger partial charge in [0.2, 0.25) is 0 Å². The highest BCUT2D eigenvalue weighted by Crippen LogP contribution is 2.23. The zero-order valence-electron chi connectivity index (χ0n) is 10.1. The molecule has 9 heteroatoms. The van der Waals surface area contributed by atoms with Crippen LogP contribution in [-0.2, 0) is 4.21 Å². The summed E-state index contributed by atoms with van der Waals surface area (Å²) in [6.07, 6.45) is 2.31. The maximum atomic E-state index is 8.34. The van der Waals surface area contributed by atoms with Gasteiger partial charge in [0, 0.05) is 0 Å². The highest BCUT2D eigenvalue weighted by Gasteiger charge is 2.20. The molecule has 0 aromatic heterocycles. The van der Waals surface area contributed by atoms with Gasteiger partial charge in [0.05, 0.1) is 25.4 Å². The molecule has 0 aromatic rings. The Morgan fingerprint density at radius 1 is 1.18 bits per heavy atom. The lowest BCUT2D eigenvalue weighted by Gasteiger charge is -2.20. The van der Waals surface area contributed by atoms with Crippen molar-refractivity contribution < 1.29 is 29.3 Å². The lowest BCUT2D eigenvalue weighted by Crippen LogP contribution is -2.50. The van der Waals surface area contributed by atoms with E-state index in [1.807, 2.05) is 0 Å². The summed E-state index contributed by atoms with van der Waals surface area (Å²) in [5, 5.41) is 25.0. The van der Waals surface area contributed by atoms with Crippen LogP contribution >= 0.6 is 8.60 Å². The highest BCUT2D eigenvalue weighted by atomic mass is 31.2. The first-order valence-corrected chi connectivity index (χ1v) is 8.12. The molecule has 0 amide bonds. The van der Waals surface area contributed by atoms with Crippen molar-refractivity contribution in [1.29, 1.82) is 0 Å². The molecule has 0 aliphatic rings. The number of hydrogen-bond donors (Lipinski definition) is 6. The van der Waals surface area contributed by atoms with Crippen LogP contribution in [0.4, 0.5) is 0 Å². The molecule has 0 aliphatic heterocycles. The maximum Gasteiger partial charge on any atom is 0.315 e. The molecule has 0 bridgehead atoms. The van der Waals surface area contributed by atoms with Gasteiger partial charge in [-0.05, 0) is 6.04 Å². The quantitative estimate of drug-likeness (QED) is 0.176. The molecular formula is C8H24NO6PSi. The molecule has 0 saturated carbocycles. The summed E-state index contributed by atoms with van der Waals surface area (Å²) < 4.78 is 4.66. The summed E-state index contributed by atoms with van der Waals surface area (Å²) in [5.41, 5.74) is 3.94. The molecule has 7 nitrogen and oxygen atoms in total. The van der Waals surface area contributed by atoms with Crippen LogP contribution in [0.5, 0.6) is 0 Å². The zero-order valence-corrected chi connectivity index (χ0v) is 12.4. The molecule has 0 spiro atoms. The zero-order chi connectivity index (χ0) is 13.7. The van der Waals surface area contributed by atoms with E-state index in [1.165, 1.54) is 0 Å². The maximum absolute atomic E-state index is 8.34. The number of rotatable bonds is 8. The van der Waals surface area contributed by atoms with Crippen LogP contribution in [-0.4, -0.2) is 60.2 Å². The van der Waals surface area contributed by atoms with Gasteiger partial charge < -0.3 is 35.1 Å². The minimum Gasteiger partial charge on any atom is -0.394 e. The van der Waals surface area contributed by atoms with E-state index in [-0.39, 0.29) is 0 Å².